The summed E-state index contributed by atoms with van der Waals surface area (Å²) in [6.07, 6.45) is 1.52. The summed E-state index contributed by atoms with van der Waals surface area (Å²) in [6.45, 7) is 4.68. The summed E-state index contributed by atoms with van der Waals surface area (Å²) in [7, 11) is 1.27. The van der Waals surface area contributed by atoms with E-state index in [1.54, 1.807) is 10.6 Å². The van der Waals surface area contributed by atoms with Crippen molar-refractivity contribution in [3.63, 3.8) is 0 Å². The molecule has 1 aliphatic heterocycles. The Hall–Kier alpha value is -3.02. The molecule has 0 spiro atoms. The molecule has 0 unspecified atom stereocenters. The maximum absolute atomic E-state index is 12.1. The third kappa shape index (κ3) is 4.22. The first-order chi connectivity index (χ1) is 13.1. The molecule has 8 heteroatoms. The van der Waals surface area contributed by atoms with Gasteiger partial charge in [0.15, 0.2) is 5.69 Å². The van der Waals surface area contributed by atoms with E-state index in [2.05, 4.69) is 4.90 Å². The van der Waals surface area contributed by atoms with Crippen LogP contribution in [-0.2, 0) is 9.47 Å². The lowest BCUT2D eigenvalue weighted by Crippen LogP contribution is -2.38. The van der Waals surface area contributed by atoms with E-state index in [0.29, 0.717) is 18.0 Å². The number of hydrogen-bond donors (Lipinski definition) is 1. The first kappa shape index (κ1) is 18.8. The van der Waals surface area contributed by atoms with Gasteiger partial charge in [-0.15, -0.1) is 0 Å². The number of carbonyl (C=O) groups excluding carboxylic acids is 1. The largest absolute Gasteiger partial charge is 0.492 e. The van der Waals surface area contributed by atoms with Crippen LogP contribution < -0.4 is 10.5 Å². The molecule has 0 amide bonds. The molecule has 2 heterocycles. The van der Waals surface area contributed by atoms with Crippen molar-refractivity contribution < 1.29 is 19.0 Å². The lowest BCUT2D eigenvalue weighted by atomic mass is 10.2. The predicted octanol–water partition coefficient (Wildman–Crippen LogP) is 1.43. The van der Waals surface area contributed by atoms with Crippen molar-refractivity contribution in [3.05, 3.63) is 41.7 Å². The zero-order valence-electron chi connectivity index (χ0n) is 15.2. The average molecular weight is 370 g/mol. The van der Waals surface area contributed by atoms with Gasteiger partial charge in [-0.1, -0.05) is 6.07 Å². The van der Waals surface area contributed by atoms with E-state index in [-0.39, 0.29) is 16.9 Å². The Morgan fingerprint density at radius 3 is 2.85 bits per heavy atom. The van der Waals surface area contributed by atoms with Gasteiger partial charge in [-0.3, -0.25) is 4.90 Å². The molecule has 0 radical (unpaired) electrons. The fourth-order valence-corrected chi connectivity index (χ4v) is 2.96. The summed E-state index contributed by atoms with van der Waals surface area (Å²) < 4.78 is 17.5. The molecule has 2 aromatic rings. The van der Waals surface area contributed by atoms with Crippen molar-refractivity contribution in [3.8, 4) is 17.5 Å². The number of carbonyl (C=O) groups is 1. The van der Waals surface area contributed by atoms with Crippen LogP contribution in [0.25, 0.3) is 5.69 Å². The summed E-state index contributed by atoms with van der Waals surface area (Å²) in [4.78, 5) is 14.4. The fourth-order valence-electron chi connectivity index (χ4n) is 2.96. The number of nitrogens with zero attached hydrogens (tertiary/aromatic N) is 3. The lowest BCUT2D eigenvalue weighted by Gasteiger charge is -2.26. The van der Waals surface area contributed by atoms with Crippen LogP contribution >= 0.6 is 0 Å². The summed E-state index contributed by atoms with van der Waals surface area (Å²) in [5.41, 5.74) is 7.04. The van der Waals surface area contributed by atoms with Crippen LogP contribution in [0.5, 0.6) is 5.75 Å². The quantitative estimate of drug-likeness (QED) is 0.767. The summed E-state index contributed by atoms with van der Waals surface area (Å²) in [6, 6.07) is 9.26. The number of hydrogen-bond acceptors (Lipinski definition) is 7. The second-order valence-corrected chi connectivity index (χ2v) is 6.08. The normalized spacial score (nSPS) is 14.5. The van der Waals surface area contributed by atoms with Gasteiger partial charge in [0.1, 0.15) is 18.4 Å². The van der Waals surface area contributed by atoms with Gasteiger partial charge in [-0.25, -0.2) is 4.79 Å². The van der Waals surface area contributed by atoms with Crippen LogP contribution in [0.1, 0.15) is 16.1 Å². The minimum atomic E-state index is -0.604. The van der Waals surface area contributed by atoms with Gasteiger partial charge in [0.05, 0.1) is 31.6 Å². The lowest BCUT2D eigenvalue weighted by molar-refractivity contribution is 0.0322. The van der Waals surface area contributed by atoms with E-state index in [9.17, 15) is 10.1 Å². The molecule has 8 nitrogen and oxygen atoms in total. The van der Waals surface area contributed by atoms with Crippen LogP contribution in [0.3, 0.4) is 0 Å². The van der Waals surface area contributed by atoms with Crippen LogP contribution in [0.15, 0.2) is 30.5 Å². The standard InChI is InChI=1S/C19H22N4O4/c1-25-19(24)18-17(21)14(12-20)13-23(18)15-3-2-4-16(11-15)27-10-7-22-5-8-26-9-6-22/h2-4,11,13H,5-10,21H2,1H3. The van der Waals surface area contributed by atoms with E-state index < -0.39 is 5.97 Å². The third-order valence-electron chi connectivity index (χ3n) is 4.42. The van der Waals surface area contributed by atoms with Gasteiger partial charge in [0.25, 0.3) is 0 Å². The molecule has 27 heavy (non-hydrogen) atoms. The Kier molecular flexibility index (Phi) is 5.96. The molecular weight excluding hydrogens is 348 g/mol. The summed E-state index contributed by atoms with van der Waals surface area (Å²) in [5.74, 6) is 0.0648. The van der Waals surface area contributed by atoms with Crippen molar-refractivity contribution in [1.82, 2.24) is 9.47 Å². The molecule has 0 atom stereocenters. The Labute approximate surface area is 157 Å². The minimum absolute atomic E-state index is 0.1000. The van der Waals surface area contributed by atoms with E-state index in [0.717, 1.165) is 32.8 Å². The molecular formula is C19H22N4O4. The number of morpholine rings is 1. The molecule has 0 aliphatic carbocycles. The monoisotopic (exact) mass is 370 g/mol. The second-order valence-electron chi connectivity index (χ2n) is 6.08. The van der Waals surface area contributed by atoms with Crippen LogP contribution in [0.2, 0.25) is 0 Å². The van der Waals surface area contributed by atoms with Gasteiger partial charge in [-0.05, 0) is 12.1 Å². The highest BCUT2D eigenvalue weighted by atomic mass is 16.5. The number of nitriles is 1. The topological polar surface area (TPSA) is 103 Å². The number of anilines is 1. The number of rotatable bonds is 6. The molecule has 3 rings (SSSR count). The highest BCUT2D eigenvalue weighted by Crippen LogP contribution is 2.26. The number of benzene rings is 1. The maximum Gasteiger partial charge on any atom is 0.357 e. The zero-order valence-corrected chi connectivity index (χ0v) is 15.2. The van der Waals surface area contributed by atoms with Gasteiger partial charge in [0, 0.05) is 37.6 Å². The highest BCUT2D eigenvalue weighted by Gasteiger charge is 2.21. The van der Waals surface area contributed by atoms with E-state index in [4.69, 9.17) is 19.9 Å². The number of ether oxygens (including phenoxy) is 3. The molecule has 1 fully saturated rings. The van der Waals surface area contributed by atoms with Gasteiger partial charge in [-0.2, -0.15) is 5.26 Å². The van der Waals surface area contributed by atoms with Crippen molar-refractivity contribution in [2.75, 3.05) is 52.3 Å². The van der Waals surface area contributed by atoms with Crippen LogP contribution in [-0.4, -0.2) is 62.0 Å². The molecule has 2 N–H and O–H groups in total. The van der Waals surface area contributed by atoms with Crippen molar-refractivity contribution in [2.24, 2.45) is 0 Å². The second kappa shape index (κ2) is 8.58. The Morgan fingerprint density at radius 2 is 2.15 bits per heavy atom. The van der Waals surface area contributed by atoms with Crippen molar-refractivity contribution in [2.45, 2.75) is 0 Å². The van der Waals surface area contributed by atoms with E-state index >= 15 is 0 Å². The zero-order chi connectivity index (χ0) is 19.2. The van der Waals surface area contributed by atoms with Crippen molar-refractivity contribution >= 4 is 11.7 Å². The maximum atomic E-state index is 12.1. The fraction of sp³-hybridized carbons (Fsp3) is 0.368. The highest BCUT2D eigenvalue weighted by molar-refractivity contribution is 5.95. The van der Waals surface area contributed by atoms with Crippen molar-refractivity contribution in [1.29, 1.82) is 5.26 Å². The number of nitrogen functional groups attached to an aromatic ring is 1. The molecule has 0 saturated carbocycles. The van der Waals surface area contributed by atoms with Gasteiger partial charge < -0.3 is 24.5 Å². The minimum Gasteiger partial charge on any atom is -0.492 e. The molecule has 0 bridgehead atoms. The Morgan fingerprint density at radius 1 is 1.37 bits per heavy atom. The van der Waals surface area contributed by atoms with E-state index in [1.165, 1.54) is 13.3 Å². The third-order valence-corrected chi connectivity index (χ3v) is 4.42. The Bertz CT molecular complexity index is 850. The predicted molar refractivity (Wildman–Crippen MR) is 99.0 cm³/mol. The average Bonchev–Trinajstić information content (AvgIpc) is 3.05. The molecule has 1 aliphatic rings. The first-order valence-electron chi connectivity index (χ1n) is 8.66. The molecule has 142 valence electrons. The van der Waals surface area contributed by atoms with Gasteiger partial charge in [0.2, 0.25) is 0 Å². The molecule has 1 saturated heterocycles. The van der Waals surface area contributed by atoms with E-state index in [1.807, 2.05) is 24.3 Å². The van der Waals surface area contributed by atoms with Crippen LogP contribution in [0.4, 0.5) is 5.69 Å². The molecule has 1 aromatic heterocycles. The summed E-state index contributed by atoms with van der Waals surface area (Å²) >= 11 is 0. The number of aromatic nitrogens is 1. The molecule has 1 aromatic carbocycles. The first-order valence-corrected chi connectivity index (χ1v) is 8.66. The number of methoxy groups -OCH3 is 1. The smallest absolute Gasteiger partial charge is 0.357 e. The SMILES string of the molecule is COC(=O)c1c(N)c(C#N)cn1-c1cccc(OCCN2CCOCC2)c1. The Balaban J connectivity index is 1.77. The number of esters is 1. The summed E-state index contributed by atoms with van der Waals surface area (Å²) in [5, 5.41) is 9.22. The number of nitrogens with two attached hydrogens (primary N) is 1. The van der Waals surface area contributed by atoms with Gasteiger partial charge >= 0.3 is 5.97 Å². The van der Waals surface area contributed by atoms with Crippen LogP contribution in [0, 0.1) is 11.3 Å².